The Morgan fingerprint density at radius 2 is 1.06 bits per heavy atom. The molecule has 0 radical (unpaired) electrons. The quantitative estimate of drug-likeness (QED) is 0.0980. The van der Waals surface area contributed by atoms with Gasteiger partial charge in [-0.05, 0) is 96.2 Å². The molecule has 7 fully saturated rings. The van der Waals surface area contributed by atoms with Gasteiger partial charge in [-0.15, -0.1) is 0 Å². The number of aliphatic hydroxyl groups excluding tert-OH is 12. The second-order valence-corrected chi connectivity index (χ2v) is 22.6. The largest absolute Gasteiger partial charge is 0.394 e. The fraction of sp³-hybridized carbons (Fsp3) is 1.00. The molecular formula is C47H82O18. The molecule has 4 saturated carbocycles. The van der Waals surface area contributed by atoms with Gasteiger partial charge in [-0.25, -0.2) is 0 Å². The standard InChI is InChI=1S/C47H82O18/c1-20(2)9-8-10-21(3)22-11-13-46(6)24-16-26(60-42-37(57)34(54)32(52)27(17-48)61-42)41-45(4,5)30(12-14-47(41,7)23(24)15-25(51)31(22)46)64-43-39(59)36(56)40(29(19-50)63-43)65-44-38(58)35(55)33(53)28(18-49)62-44/h20-44,48-59H,8-19H2,1-7H3/t21-,22-,23-,24+,25?,26-,27-,28-,29-,30+,31-,32-,33-,34+,35+,36-,37-,38-,39-,40-,41+,42-,43+,44+,46-,47-/m1/s1. The summed E-state index contributed by atoms with van der Waals surface area (Å²) in [6.07, 6.45) is -17.7. The molecule has 1 unspecified atom stereocenters. The third-order valence-corrected chi connectivity index (χ3v) is 18.1. The van der Waals surface area contributed by atoms with Crippen molar-refractivity contribution in [2.24, 2.45) is 57.7 Å². The fourth-order valence-electron chi connectivity index (χ4n) is 14.6. The van der Waals surface area contributed by atoms with E-state index in [1.54, 1.807) is 0 Å². The first-order chi connectivity index (χ1) is 30.5. The van der Waals surface area contributed by atoms with Gasteiger partial charge in [-0.3, -0.25) is 0 Å². The summed E-state index contributed by atoms with van der Waals surface area (Å²) in [6.45, 7) is 13.4. The van der Waals surface area contributed by atoms with Crippen LogP contribution in [0, 0.1) is 57.7 Å². The molecule has 0 bridgehead atoms. The van der Waals surface area contributed by atoms with Crippen LogP contribution in [-0.2, 0) is 28.4 Å². The predicted octanol–water partition coefficient (Wildman–Crippen LogP) is -0.481. The minimum absolute atomic E-state index is 0.0612. The van der Waals surface area contributed by atoms with E-state index in [9.17, 15) is 61.3 Å². The van der Waals surface area contributed by atoms with Crippen molar-refractivity contribution in [3.63, 3.8) is 0 Å². The summed E-state index contributed by atoms with van der Waals surface area (Å²) in [6, 6.07) is 0. The molecular weight excluding hydrogens is 852 g/mol. The maximum atomic E-state index is 12.3. The zero-order valence-corrected chi connectivity index (χ0v) is 39.2. The van der Waals surface area contributed by atoms with Crippen LogP contribution in [0.5, 0.6) is 0 Å². The predicted molar refractivity (Wildman–Crippen MR) is 229 cm³/mol. The van der Waals surface area contributed by atoms with Gasteiger partial charge in [0.05, 0.1) is 38.1 Å². The first-order valence-corrected chi connectivity index (χ1v) is 24.4. The van der Waals surface area contributed by atoms with Crippen molar-refractivity contribution in [1.82, 2.24) is 0 Å². The van der Waals surface area contributed by atoms with E-state index in [1.165, 1.54) is 6.42 Å². The Morgan fingerprint density at radius 1 is 0.554 bits per heavy atom. The van der Waals surface area contributed by atoms with E-state index in [2.05, 4.69) is 34.6 Å². The monoisotopic (exact) mass is 935 g/mol. The molecule has 0 amide bonds. The van der Waals surface area contributed by atoms with Crippen LogP contribution in [0.3, 0.4) is 0 Å². The molecule has 4 aliphatic carbocycles. The van der Waals surface area contributed by atoms with Gasteiger partial charge < -0.3 is 89.7 Å². The van der Waals surface area contributed by atoms with Crippen LogP contribution >= 0.6 is 0 Å². The van der Waals surface area contributed by atoms with Gasteiger partial charge in [0.25, 0.3) is 0 Å². The molecule has 65 heavy (non-hydrogen) atoms. The lowest BCUT2D eigenvalue weighted by molar-refractivity contribution is -0.372. The van der Waals surface area contributed by atoms with Crippen molar-refractivity contribution in [3.8, 4) is 0 Å². The molecule has 18 heteroatoms. The van der Waals surface area contributed by atoms with Gasteiger partial charge in [-0.2, -0.15) is 0 Å². The Balaban J connectivity index is 1.15. The number of aliphatic hydroxyl groups is 12. The molecule has 26 atom stereocenters. The van der Waals surface area contributed by atoms with E-state index in [0.717, 1.165) is 25.7 Å². The summed E-state index contributed by atoms with van der Waals surface area (Å²) >= 11 is 0. The fourth-order valence-corrected chi connectivity index (χ4v) is 14.6. The van der Waals surface area contributed by atoms with E-state index >= 15 is 0 Å². The van der Waals surface area contributed by atoms with Gasteiger partial charge in [0.1, 0.15) is 73.2 Å². The van der Waals surface area contributed by atoms with Crippen LogP contribution in [0.2, 0.25) is 0 Å². The molecule has 0 spiro atoms. The van der Waals surface area contributed by atoms with Crippen LogP contribution in [0.1, 0.15) is 106 Å². The molecule has 3 saturated heterocycles. The molecule has 378 valence electrons. The summed E-state index contributed by atoms with van der Waals surface area (Å²) in [7, 11) is 0. The molecule has 3 heterocycles. The van der Waals surface area contributed by atoms with Crippen LogP contribution in [-0.4, -0.2) is 192 Å². The normalized spacial score (nSPS) is 52.7. The van der Waals surface area contributed by atoms with Crippen LogP contribution in [0.25, 0.3) is 0 Å². The topological polar surface area (TPSA) is 298 Å². The Morgan fingerprint density at radius 3 is 1.63 bits per heavy atom. The minimum Gasteiger partial charge on any atom is -0.394 e. The van der Waals surface area contributed by atoms with Crippen LogP contribution in [0.15, 0.2) is 0 Å². The van der Waals surface area contributed by atoms with Gasteiger partial charge in [-0.1, -0.05) is 67.7 Å². The summed E-state index contributed by atoms with van der Waals surface area (Å²) in [5.74, 6) is 1.33. The first kappa shape index (κ1) is 52.1. The molecule has 3 aliphatic heterocycles. The zero-order valence-electron chi connectivity index (χ0n) is 39.2. The van der Waals surface area contributed by atoms with Crippen molar-refractivity contribution in [2.75, 3.05) is 19.8 Å². The molecule has 12 N–H and O–H groups in total. The summed E-state index contributed by atoms with van der Waals surface area (Å²) in [5, 5.41) is 130. The second kappa shape index (κ2) is 20.2. The van der Waals surface area contributed by atoms with Crippen molar-refractivity contribution >= 4 is 0 Å². The van der Waals surface area contributed by atoms with Gasteiger partial charge in [0.2, 0.25) is 0 Å². The van der Waals surface area contributed by atoms with E-state index in [0.29, 0.717) is 43.4 Å². The molecule has 18 nitrogen and oxygen atoms in total. The Labute approximate surface area is 383 Å². The molecule has 7 aliphatic rings. The maximum absolute atomic E-state index is 12.3. The van der Waals surface area contributed by atoms with Crippen LogP contribution in [0.4, 0.5) is 0 Å². The second-order valence-electron chi connectivity index (χ2n) is 22.6. The molecule has 7 rings (SSSR count). The lowest BCUT2D eigenvalue weighted by Crippen LogP contribution is -2.68. The lowest BCUT2D eigenvalue weighted by Gasteiger charge is -2.68. The highest BCUT2D eigenvalue weighted by molar-refractivity contribution is 5.17. The first-order valence-electron chi connectivity index (χ1n) is 24.4. The Hall–Kier alpha value is -0.720. The SMILES string of the molecule is CC(C)CCC[C@@H](C)[C@H]1CC[C@]2(C)[C@H]3C[C@@H](O[C@@H]4O[C@H](CO)[C@@H](O)[C@H](O)[C@H]4O)[C@H]4C(C)(C)[C@@H](O[C@@H]5O[C@H](CO)[C@@H](O[C@@H]6O[C@H](CO)[C@@H](O)[C@H](O)[C@H]6O)[C@H](O)[C@H]5O)CC[C@]4(C)[C@@H]3CC(O)[C@@H]12. The number of hydrogen-bond acceptors (Lipinski definition) is 18. The average molecular weight is 935 g/mol. The highest BCUT2D eigenvalue weighted by Crippen LogP contribution is 2.71. The number of ether oxygens (including phenoxy) is 6. The van der Waals surface area contributed by atoms with Gasteiger partial charge >= 0.3 is 0 Å². The molecule has 0 aromatic rings. The molecule has 0 aromatic heterocycles. The Kier molecular flexibility index (Phi) is 16.2. The van der Waals surface area contributed by atoms with E-state index in [-0.39, 0.29) is 29.1 Å². The lowest BCUT2D eigenvalue weighted by atomic mass is 9.39. The van der Waals surface area contributed by atoms with Crippen molar-refractivity contribution in [1.29, 1.82) is 0 Å². The maximum Gasteiger partial charge on any atom is 0.187 e. The third kappa shape index (κ3) is 9.37. The van der Waals surface area contributed by atoms with E-state index < -0.39 is 141 Å². The molecule has 0 aromatic carbocycles. The minimum atomic E-state index is -1.81. The number of fused-ring (bicyclic) bond motifs is 5. The summed E-state index contributed by atoms with van der Waals surface area (Å²) in [4.78, 5) is 0. The third-order valence-electron chi connectivity index (χ3n) is 18.1. The van der Waals surface area contributed by atoms with Crippen molar-refractivity contribution in [3.05, 3.63) is 0 Å². The van der Waals surface area contributed by atoms with Gasteiger partial charge in [0, 0.05) is 0 Å². The zero-order chi connectivity index (χ0) is 47.7. The average Bonchev–Trinajstić information content (AvgIpc) is 3.63. The van der Waals surface area contributed by atoms with Gasteiger partial charge in [0.15, 0.2) is 18.9 Å². The van der Waals surface area contributed by atoms with E-state index in [1.807, 2.05) is 13.8 Å². The number of hydrogen-bond donors (Lipinski definition) is 12. The summed E-state index contributed by atoms with van der Waals surface area (Å²) < 4.78 is 36.9. The summed E-state index contributed by atoms with van der Waals surface area (Å²) in [5.41, 5.74) is -1.52. The van der Waals surface area contributed by atoms with Crippen molar-refractivity contribution < 1.29 is 89.7 Å². The van der Waals surface area contributed by atoms with E-state index in [4.69, 9.17) is 28.4 Å². The smallest absolute Gasteiger partial charge is 0.187 e. The highest BCUT2D eigenvalue weighted by atomic mass is 16.7. The van der Waals surface area contributed by atoms with Crippen molar-refractivity contribution in [2.45, 2.75) is 217 Å². The highest BCUT2D eigenvalue weighted by Gasteiger charge is 2.69. The van der Waals surface area contributed by atoms with Crippen LogP contribution < -0.4 is 0 Å². The number of rotatable bonds is 14. The Bertz CT molecular complexity index is 1550.